The summed E-state index contributed by atoms with van der Waals surface area (Å²) >= 11 is 7.34. The van der Waals surface area contributed by atoms with Crippen molar-refractivity contribution in [3.63, 3.8) is 0 Å². The zero-order chi connectivity index (χ0) is 32.6. The lowest BCUT2D eigenvalue weighted by molar-refractivity contribution is -0.135. The molecule has 0 spiro atoms. The van der Waals surface area contributed by atoms with Gasteiger partial charge in [0.25, 0.3) is 0 Å². The van der Waals surface area contributed by atoms with E-state index in [9.17, 15) is 14.4 Å². The molecule has 2 fully saturated rings. The lowest BCUT2D eigenvalue weighted by Crippen LogP contribution is -2.36. The van der Waals surface area contributed by atoms with Crippen LogP contribution in [0.4, 0.5) is 16.2 Å². The first-order valence-corrected chi connectivity index (χ1v) is 17.2. The molecule has 2 saturated heterocycles. The number of hydrogen-bond donors (Lipinski definition) is 7. The number of carbonyl (C=O) groups is 3. The summed E-state index contributed by atoms with van der Waals surface area (Å²) < 4.78 is 11.6. The maximum atomic E-state index is 12.2. The number of aliphatic carboxylic acids is 1. The second-order valence-electron chi connectivity index (χ2n) is 11.1. The predicted octanol–water partition coefficient (Wildman–Crippen LogP) is 3.94. The van der Waals surface area contributed by atoms with Gasteiger partial charge in [-0.15, -0.1) is 0 Å². The molecular formula is C32H44N6O6S2. The standard InChI is InChI=1S/C32H44N6O6S2/c39-28(14-5-4-13-27-30-25(21-46-27)37-31(42)38-30)33-15-6-1-7-16-34-32(45)36-22-9-8-10-23(19-22)43-17-18-44-26-12-3-2-11-24(26)35-20-29(40)41/h2-3,8-12,19,25,27,30,35H,1,4-7,13-18,20-21H2,(H,33,39)(H,40,41)(H2,34,36,45)(H2,37,38,42). The number of carboxylic acid groups (broad SMARTS) is 1. The molecular weight excluding hydrogens is 629 g/mol. The molecule has 4 rings (SSSR count). The minimum absolute atomic E-state index is 0.0578. The van der Waals surface area contributed by atoms with E-state index in [2.05, 4.69) is 31.9 Å². The quantitative estimate of drug-likeness (QED) is 0.0620. The first-order valence-electron chi connectivity index (χ1n) is 15.8. The molecule has 12 nitrogen and oxygen atoms in total. The molecule has 2 aromatic rings. The number of amides is 3. The third-order valence-corrected chi connectivity index (χ3v) is 9.32. The Kier molecular flexibility index (Phi) is 14.4. The Hall–Kier alpha value is -3.91. The highest BCUT2D eigenvalue weighted by atomic mass is 32.2. The fourth-order valence-corrected chi connectivity index (χ4v) is 7.04. The Bertz CT molecular complexity index is 1320. The van der Waals surface area contributed by atoms with Crippen LogP contribution in [-0.4, -0.2) is 84.1 Å². The van der Waals surface area contributed by atoms with E-state index in [1.165, 1.54) is 0 Å². The summed E-state index contributed by atoms with van der Waals surface area (Å²) in [6, 6.07) is 15.1. The van der Waals surface area contributed by atoms with Crippen molar-refractivity contribution in [3.8, 4) is 11.5 Å². The number of urea groups is 1. The molecule has 250 valence electrons. The van der Waals surface area contributed by atoms with Crippen molar-refractivity contribution in [3.05, 3.63) is 48.5 Å². The molecule has 3 unspecified atom stereocenters. The number of rotatable bonds is 20. The Labute approximate surface area is 279 Å². The van der Waals surface area contributed by atoms with E-state index < -0.39 is 5.97 Å². The van der Waals surface area contributed by atoms with Gasteiger partial charge in [0.05, 0.1) is 17.8 Å². The highest BCUT2D eigenvalue weighted by Crippen LogP contribution is 2.33. The Morgan fingerprint density at radius 2 is 1.76 bits per heavy atom. The summed E-state index contributed by atoms with van der Waals surface area (Å²) in [5, 5.41) is 28.1. The molecule has 46 heavy (non-hydrogen) atoms. The van der Waals surface area contributed by atoms with E-state index in [0.717, 1.165) is 56.5 Å². The van der Waals surface area contributed by atoms with E-state index >= 15 is 0 Å². The molecule has 7 N–H and O–H groups in total. The molecule has 0 saturated carbocycles. The summed E-state index contributed by atoms with van der Waals surface area (Å²) in [4.78, 5) is 34.5. The maximum absolute atomic E-state index is 12.2. The van der Waals surface area contributed by atoms with Crippen molar-refractivity contribution < 1.29 is 29.0 Å². The van der Waals surface area contributed by atoms with Crippen LogP contribution in [0.15, 0.2) is 48.5 Å². The highest BCUT2D eigenvalue weighted by molar-refractivity contribution is 8.00. The molecule has 0 bridgehead atoms. The van der Waals surface area contributed by atoms with Crippen LogP contribution < -0.4 is 41.4 Å². The largest absolute Gasteiger partial charge is 0.490 e. The summed E-state index contributed by atoms with van der Waals surface area (Å²) in [5.74, 6) is 1.34. The van der Waals surface area contributed by atoms with Gasteiger partial charge < -0.3 is 46.5 Å². The van der Waals surface area contributed by atoms with Crippen molar-refractivity contribution in [1.82, 2.24) is 21.3 Å². The van der Waals surface area contributed by atoms with Crippen molar-refractivity contribution >= 4 is 58.4 Å². The average Bonchev–Trinajstić information content (AvgIpc) is 3.59. The zero-order valence-corrected chi connectivity index (χ0v) is 27.5. The van der Waals surface area contributed by atoms with Gasteiger partial charge in [0.2, 0.25) is 5.91 Å². The van der Waals surface area contributed by atoms with E-state index in [1.54, 1.807) is 18.2 Å². The first kappa shape index (κ1) is 35.0. The summed E-state index contributed by atoms with van der Waals surface area (Å²) in [5.41, 5.74) is 1.41. The van der Waals surface area contributed by atoms with Gasteiger partial charge in [-0.3, -0.25) is 9.59 Å². The number of hydrogen-bond acceptors (Lipinski definition) is 8. The third-order valence-electron chi connectivity index (χ3n) is 7.56. The summed E-state index contributed by atoms with van der Waals surface area (Å²) in [6.07, 6.45) is 6.24. The van der Waals surface area contributed by atoms with Crippen LogP contribution in [-0.2, 0) is 9.59 Å². The van der Waals surface area contributed by atoms with E-state index in [-0.39, 0.29) is 37.2 Å². The average molecular weight is 673 g/mol. The van der Waals surface area contributed by atoms with E-state index in [4.69, 9.17) is 26.8 Å². The molecule has 0 aromatic heterocycles. The molecule has 2 heterocycles. The first-order chi connectivity index (χ1) is 22.4. The van der Waals surface area contributed by atoms with Gasteiger partial charge in [0.1, 0.15) is 31.3 Å². The van der Waals surface area contributed by atoms with Crippen LogP contribution in [0, 0.1) is 0 Å². The maximum Gasteiger partial charge on any atom is 0.322 e. The number of carboxylic acids is 1. The topological polar surface area (TPSA) is 162 Å². The highest BCUT2D eigenvalue weighted by Gasteiger charge is 2.42. The molecule has 2 aromatic carbocycles. The number of benzene rings is 2. The van der Waals surface area contributed by atoms with Crippen LogP contribution in [0.2, 0.25) is 0 Å². The number of fused-ring (bicyclic) bond motifs is 1. The van der Waals surface area contributed by atoms with Gasteiger partial charge in [-0.2, -0.15) is 11.8 Å². The van der Waals surface area contributed by atoms with Crippen LogP contribution in [0.5, 0.6) is 11.5 Å². The zero-order valence-electron chi connectivity index (χ0n) is 25.8. The van der Waals surface area contributed by atoms with Crippen LogP contribution in [0.25, 0.3) is 0 Å². The molecule has 3 amide bonds. The fourth-order valence-electron chi connectivity index (χ4n) is 5.28. The minimum atomic E-state index is -0.949. The Morgan fingerprint density at radius 3 is 2.61 bits per heavy atom. The number of thioether (sulfide) groups is 1. The van der Waals surface area contributed by atoms with E-state index in [0.29, 0.717) is 47.1 Å². The van der Waals surface area contributed by atoms with Crippen molar-refractivity contribution in [2.45, 2.75) is 62.3 Å². The smallest absolute Gasteiger partial charge is 0.322 e. The molecule has 2 aliphatic heterocycles. The van der Waals surface area contributed by atoms with Crippen LogP contribution in [0.3, 0.4) is 0 Å². The van der Waals surface area contributed by atoms with Gasteiger partial charge in [-0.25, -0.2) is 4.79 Å². The van der Waals surface area contributed by atoms with Gasteiger partial charge in [-0.1, -0.05) is 24.6 Å². The Morgan fingerprint density at radius 1 is 0.957 bits per heavy atom. The number of unbranched alkanes of at least 4 members (excludes halogenated alkanes) is 3. The number of ether oxygens (including phenoxy) is 2. The number of thiocarbonyl (C=S) groups is 1. The van der Waals surface area contributed by atoms with Crippen LogP contribution >= 0.6 is 24.0 Å². The van der Waals surface area contributed by atoms with Crippen molar-refractivity contribution in [2.24, 2.45) is 0 Å². The summed E-state index contributed by atoms with van der Waals surface area (Å²) in [6.45, 7) is 1.80. The molecule has 2 aliphatic rings. The van der Waals surface area contributed by atoms with Crippen LogP contribution in [0.1, 0.15) is 44.9 Å². The molecule has 3 atom stereocenters. The van der Waals surface area contributed by atoms with E-state index in [1.807, 2.05) is 42.1 Å². The second-order valence-corrected chi connectivity index (χ2v) is 12.8. The number of anilines is 2. The second kappa shape index (κ2) is 18.9. The monoisotopic (exact) mass is 672 g/mol. The lowest BCUT2D eigenvalue weighted by Gasteiger charge is -2.16. The Balaban J connectivity index is 0.992. The number of para-hydroxylation sites is 2. The predicted molar refractivity (Wildman–Crippen MR) is 185 cm³/mol. The fraction of sp³-hybridized carbons (Fsp3) is 0.500. The molecule has 0 radical (unpaired) electrons. The van der Waals surface area contributed by atoms with Gasteiger partial charge in [-0.05, 0) is 68.6 Å². The SMILES string of the molecule is O=C(O)CNc1ccccc1OCCOc1cccc(NC(=S)NCCCCCNC(=O)CCCCC2SCC3NC(=O)NC32)c1. The van der Waals surface area contributed by atoms with Gasteiger partial charge >= 0.3 is 12.0 Å². The van der Waals surface area contributed by atoms with Gasteiger partial charge in [0, 0.05) is 42.3 Å². The normalized spacial score (nSPS) is 18.1. The minimum Gasteiger partial charge on any atom is -0.490 e. The van der Waals surface area contributed by atoms with Crippen molar-refractivity contribution in [1.29, 1.82) is 0 Å². The lowest BCUT2D eigenvalue weighted by atomic mass is 10.0. The molecule has 14 heteroatoms. The van der Waals surface area contributed by atoms with Crippen molar-refractivity contribution in [2.75, 3.05) is 49.2 Å². The van der Waals surface area contributed by atoms with Gasteiger partial charge in [0.15, 0.2) is 5.11 Å². The molecule has 0 aliphatic carbocycles. The third kappa shape index (κ3) is 12.1. The number of nitrogens with one attached hydrogen (secondary N) is 6. The number of carbonyl (C=O) groups excluding carboxylic acids is 2. The summed E-state index contributed by atoms with van der Waals surface area (Å²) in [7, 11) is 0.